The summed E-state index contributed by atoms with van der Waals surface area (Å²) in [6, 6.07) is 6.53. The number of methoxy groups -OCH3 is 1. The van der Waals surface area contributed by atoms with Gasteiger partial charge in [-0.15, -0.1) is 0 Å². The van der Waals surface area contributed by atoms with Crippen LogP contribution in [-0.2, 0) is 11.3 Å². The van der Waals surface area contributed by atoms with Gasteiger partial charge in [0, 0.05) is 37.9 Å². The van der Waals surface area contributed by atoms with Crippen LogP contribution in [-0.4, -0.2) is 48.3 Å². The normalized spacial score (nSPS) is 16.8. The molecule has 114 valence electrons. The van der Waals surface area contributed by atoms with Crippen molar-refractivity contribution in [1.82, 2.24) is 9.78 Å². The minimum atomic E-state index is 0.316. The maximum Gasteiger partial charge on any atom is 0.0704 e. The van der Waals surface area contributed by atoms with E-state index in [0.29, 0.717) is 19.1 Å². The summed E-state index contributed by atoms with van der Waals surface area (Å²) < 4.78 is 7.14. The van der Waals surface area contributed by atoms with Gasteiger partial charge in [0.15, 0.2) is 0 Å². The van der Waals surface area contributed by atoms with E-state index in [1.165, 1.54) is 11.1 Å². The molecule has 0 bridgehead atoms. The van der Waals surface area contributed by atoms with Gasteiger partial charge in [-0.2, -0.15) is 5.10 Å². The highest BCUT2D eigenvalue weighted by molar-refractivity contribution is 5.82. The lowest BCUT2D eigenvalue weighted by Crippen LogP contribution is -2.34. The lowest BCUT2D eigenvalue weighted by Gasteiger charge is -2.32. The Kier molecular flexibility index (Phi) is 4.41. The van der Waals surface area contributed by atoms with Crippen molar-refractivity contribution in [2.45, 2.75) is 19.4 Å². The van der Waals surface area contributed by atoms with Crippen LogP contribution in [0.2, 0.25) is 0 Å². The second-order valence-electron chi connectivity index (χ2n) is 5.72. The molecule has 5 nitrogen and oxygen atoms in total. The molecule has 0 saturated carbocycles. The molecule has 0 atom stereocenters. The Morgan fingerprint density at radius 1 is 1.33 bits per heavy atom. The Morgan fingerprint density at radius 2 is 2.14 bits per heavy atom. The number of benzene rings is 1. The van der Waals surface area contributed by atoms with Crippen LogP contribution >= 0.6 is 0 Å². The fourth-order valence-corrected chi connectivity index (χ4v) is 2.99. The number of ether oxygens (including phenoxy) is 1. The Hall–Kier alpha value is -1.59. The van der Waals surface area contributed by atoms with Crippen molar-refractivity contribution < 1.29 is 9.84 Å². The van der Waals surface area contributed by atoms with Crippen molar-refractivity contribution in [2.75, 3.05) is 38.3 Å². The molecule has 1 N–H and O–H groups in total. The maximum absolute atomic E-state index is 9.24. The molecule has 2 heterocycles. The molecular formula is C16H23N3O2. The smallest absolute Gasteiger partial charge is 0.0704 e. The summed E-state index contributed by atoms with van der Waals surface area (Å²) in [4.78, 5) is 2.40. The molecule has 3 rings (SSSR count). The number of aliphatic hydroxyl groups is 1. The van der Waals surface area contributed by atoms with E-state index in [1.807, 2.05) is 10.9 Å². The van der Waals surface area contributed by atoms with Gasteiger partial charge in [0.25, 0.3) is 0 Å². The number of anilines is 1. The van der Waals surface area contributed by atoms with Gasteiger partial charge in [-0.05, 0) is 37.0 Å². The van der Waals surface area contributed by atoms with E-state index in [0.717, 1.165) is 38.0 Å². The van der Waals surface area contributed by atoms with E-state index in [-0.39, 0.29) is 0 Å². The molecule has 1 aromatic heterocycles. The van der Waals surface area contributed by atoms with Gasteiger partial charge >= 0.3 is 0 Å². The van der Waals surface area contributed by atoms with Crippen molar-refractivity contribution in [3.05, 3.63) is 24.4 Å². The summed E-state index contributed by atoms with van der Waals surface area (Å²) in [6.45, 7) is 3.79. The summed E-state index contributed by atoms with van der Waals surface area (Å²) in [7, 11) is 1.71. The molecule has 2 aromatic rings. The van der Waals surface area contributed by atoms with Crippen molar-refractivity contribution in [3.8, 4) is 0 Å². The number of rotatable bonds is 5. The van der Waals surface area contributed by atoms with Gasteiger partial charge in [0.1, 0.15) is 0 Å². The van der Waals surface area contributed by atoms with Crippen LogP contribution in [0.1, 0.15) is 12.8 Å². The van der Waals surface area contributed by atoms with E-state index in [1.54, 1.807) is 7.11 Å². The Morgan fingerprint density at radius 3 is 2.86 bits per heavy atom. The highest BCUT2D eigenvalue weighted by Crippen LogP contribution is 2.26. The summed E-state index contributed by atoms with van der Waals surface area (Å²) in [6.07, 6.45) is 4.04. The van der Waals surface area contributed by atoms with E-state index in [9.17, 15) is 5.11 Å². The molecule has 1 aliphatic rings. The topological polar surface area (TPSA) is 50.5 Å². The van der Waals surface area contributed by atoms with Crippen LogP contribution in [0.3, 0.4) is 0 Å². The first kappa shape index (κ1) is 14.4. The molecule has 0 unspecified atom stereocenters. The number of fused-ring (bicyclic) bond motifs is 1. The van der Waals surface area contributed by atoms with Gasteiger partial charge in [-0.25, -0.2) is 0 Å². The van der Waals surface area contributed by atoms with Crippen molar-refractivity contribution in [3.63, 3.8) is 0 Å². The lowest BCUT2D eigenvalue weighted by molar-refractivity contribution is 0.185. The molecule has 21 heavy (non-hydrogen) atoms. The fraction of sp³-hybridized carbons (Fsp3) is 0.562. The third-order valence-corrected chi connectivity index (χ3v) is 4.37. The number of hydrogen-bond acceptors (Lipinski definition) is 4. The zero-order valence-electron chi connectivity index (χ0n) is 12.5. The Bertz CT molecular complexity index is 588. The molecule has 0 spiro atoms. The molecule has 0 amide bonds. The summed E-state index contributed by atoms with van der Waals surface area (Å²) in [5.41, 5.74) is 2.41. The van der Waals surface area contributed by atoms with Crippen LogP contribution < -0.4 is 4.90 Å². The zero-order valence-corrected chi connectivity index (χ0v) is 12.5. The SMILES string of the molecule is COCCn1ncc2ccc(N3CCC(CO)CC3)cc21. The largest absolute Gasteiger partial charge is 0.396 e. The highest BCUT2D eigenvalue weighted by atomic mass is 16.5. The van der Waals surface area contributed by atoms with Crippen molar-refractivity contribution in [2.24, 2.45) is 5.92 Å². The number of nitrogens with zero attached hydrogens (tertiary/aromatic N) is 3. The Labute approximate surface area is 125 Å². The average Bonchev–Trinajstić information content (AvgIpc) is 2.95. The van der Waals surface area contributed by atoms with Crippen LogP contribution in [0.25, 0.3) is 10.9 Å². The minimum Gasteiger partial charge on any atom is -0.396 e. The summed E-state index contributed by atoms with van der Waals surface area (Å²) in [5, 5.41) is 14.8. The number of aliphatic hydroxyl groups excluding tert-OH is 1. The summed E-state index contributed by atoms with van der Waals surface area (Å²) in [5.74, 6) is 0.470. The van der Waals surface area contributed by atoms with Crippen LogP contribution in [0.4, 0.5) is 5.69 Å². The van der Waals surface area contributed by atoms with E-state index < -0.39 is 0 Å². The monoisotopic (exact) mass is 289 g/mol. The average molecular weight is 289 g/mol. The standard InChI is InChI=1S/C16H23N3O2/c1-21-9-8-19-16-10-15(3-2-14(16)11-17-19)18-6-4-13(12-20)5-7-18/h2-3,10-11,13,20H,4-9,12H2,1H3. The zero-order chi connectivity index (χ0) is 14.7. The van der Waals surface area contributed by atoms with Gasteiger partial charge in [-0.3, -0.25) is 4.68 Å². The lowest BCUT2D eigenvalue weighted by atomic mass is 9.97. The number of piperidine rings is 1. The van der Waals surface area contributed by atoms with E-state index >= 15 is 0 Å². The molecule has 1 aliphatic heterocycles. The third-order valence-electron chi connectivity index (χ3n) is 4.37. The van der Waals surface area contributed by atoms with Crippen LogP contribution in [0.15, 0.2) is 24.4 Å². The maximum atomic E-state index is 9.24. The number of hydrogen-bond donors (Lipinski definition) is 1. The van der Waals surface area contributed by atoms with Gasteiger partial charge < -0.3 is 14.7 Å². The molecular weight excluding hydrogens is 266 g/mol. The first-order valence-electron chi connectivity index (χ1n) is 7.62. The first-order chi connectivity index (χ1) is 10.3. The van der Waals surface area contributed by atoms with Gasteiger partial charge in [0.2, 0.25) is 0 Å². The molecule has 1 aromatic carbocycles. The van der Waals surface area contributed by atoms with Crippen LogP contribution in [0.5, 0.6) is 0 Å². The van der Waals surface area contributed by atoms with Crippen molar-refractivity contribution >= 4 is 16.6 Å². The van der Waals surface area contributed by atoms with E-state index in [4.69, 9.17) is 4.74 Å². The molecule has 0 aliphatic carbocycles. The molecule has 0 radical (unpaired) electrons. The predicted molar refractivity (Wildman–Crippen MR) is 83.6 cm³/mol. The molecule has 1 fully saturated rings. The fourth-order valence-electron chi connectivity index (χ4n) is 2.99. The second-order valence-corrected chi connectivity index (χ2v) is 5.72. The van der Waals surface area contributed by atoms with Crippen LogP contribution in [0, 0.1) is 5.92 Å². The second kappa shape index (κ2) is 6.45. The third kappa shape index (κ3) is 3.04. The first-order valence-corrected chi connectivity index (χ1v) is 7.62. The van der Waals surface area contributed by atoms with Gasteiger partial charge in [0.05, 0.1) is 24.9 Å². The molecule has 5 heteroatoms. The quantitative estimate of drug-likeness (QED) is 0.913. The highest BCUT2D eigenvalue weighted by Gasteiger charge is 2.19. The van der Waals surface area contributed by atoms with Gasteiger partial charge in [-0.1, -0.05) is 0 Å². The summed E-state index contributed by atoms with van der Waals surface area (Å²) >= 11 is 0. The predicted octanol–water partition coefficient (Wildman–Crippen LogP) is 1.89. The molecule has 1 saturated heterocycles. The Balaban J connectivity index is 1.80. The van der Waals surface area contributed by atoms with E-state index in [2.05, 4.69) is 28.2 Å². The van der Waals surface area contributed by atoms with Crippen molar-refractivity contribution in [1.29, 1.82) is 0 Å². The number of aromatic nitrogens is 2. The minimum absolute atomic E-state index is 0.316.